The molecular formula is C17H11N3O4. The van der Waals surface area contributed by atoms with Crippen LogP contribution in [0.5, 0.6) is 0 Å². The minimum absolute atomic E-state index is 0.0376. The number of allylic oxidation sites excluding steroid dienone is 1. The van der Waals surface area contributed by atoms with Gasteiger partial charge in [0.2, 0.25) is 0 Å². The quantitative estimate of drug-likeness (QED) is 0.813. The van der Waals surface area contributed by atoms with Crippen molar-refractivity contribution in [1.29, 1.82) is 5.41 Å². The summed E-state index contributed by atoms with van der Waals surface area (Å²) in [5, 5.41) is 9.69. The fourth-order valence-corrected chi connectivity index (χ4v) is 2.55. The number of carbonyl (C=O) groups is 1. The van der Waals surface area contributed by atoms with Gasteiger partial charge in [-0.2, -0.15) is 4.99 Å². The molecule has 0 aliphatic carbocycles. The first-order valence-corrected chi connectivity index (χ1v) is 7.15. The maximum absolute atomic E-state index is 12.5. The van der Waals surface area contributed by atoms with Gasteiger partial charge in [-0.3, -0.25) is 15.0 Å². The van der Waals surface area contributed by atoms with Gasteiger partial charge in [0.25, 0.3) is 5.91 Å². The monoisotopic (exact) mass is 321 g/mol. The number of nitrogens with zero attached hydrogens (tertiary/aromatic N) is 2. The van der Waals surface area contributed by atoms with Gasteiger partial charge < -0.3 is 9.25 Å². The van der Waals surface area contributed by atoms with E-state index in [9.17, 15) is 9.59 Å². The Balaban J connectivity index is 1.82. The normalized spacial score (nSPS) is 18.5. The molecular weight excluding hydrogens is 310 g/mol. The second-order valence-corrected chi connectivity index (χ2v) is 5.34. The van der Waals surface area contributed by atoms with Gasteiger partial charge in [0.15, 0.2) is 17.1 Å². The molecule has 0 radical (unpaired) electrons. The molecule has 2 aliphatic rings. The summed E-state index contributed by atoms with van der Waals surface area (Å²) in [6.45, 7) is 1.69. The summed E-state index contributed by atoms with van der Waals surface area (Å²) < 4.78 is 5.42. The molecule has 0 spiro atoms. The Morgan fingerprint density at radius 3 is 2.88 bits per heavy atom. The van der Waals surface area contributed by atoms with Crippen molar-refractivity contribution in [2.45, 2.75) is 6.92 Å². The first-order valence-electron chi connectivity index (χ1n) is 7.15. The summed E-state index contributed by atoms with van der Waals surface area (Å²) in [5.41, 5.74) is 0.308. The average Bonchev–Trinajstić information content (AvgIpc) is 2.94. The summed E-state index contributed by atoms with van der Waals surface area (Å²) in [6, 6.07) is 6.82. The van der Waals surface area contributed by atoms with E-state index < -0.39 is 5.91 Å². The molecule has 1 N–H and O–H groups in total. The molecule has 0 saturated heterocycles. The number of hydrogen-bond donors (Lipinski definition) is 1. The second-order valence-electron chi connectivity index (χ2n) is 5.34. The highest BCUT2D eigenvalue weighted by molar-refractivity contribution is 6.32. The van der Waals surface area contributed by atoms with Crippen molar-refractivity contribution in [2.75, 3.05) is 0 Å². The number of benzene rings is 1. The highest BCUT2D eigenvalue weighted by Crippen LogP contribution is 2.23. The van der Waals surface area contributed by atoms with Crippen molar-refractivity contribution in [2.24, 2.45) is 4.99 Å². The van der Waals surface area contributed by atoms with E-state index in [0.717, 1.165) is 5.06 Å². The molecule has 7 nitrogen and oxygen atoms in total. The number of aliphatic imine (C=N–C) groups is 1. The average molecular weight is 321 g/mol. The molecule has 2 aromatic rings. The van der Waals surface area contributed by atoms with Crippen LogP contribution in [0.2, 0.25) is 0 Å². The van der Waals surface area contributed by atoms with Gasteiger partial charge in [-0.15, -0.1) is 5.06 Å². The van der Waals surface area contributed by atoms with Crippen LogP contribution in [0.15, 0.2) is 62.1 Å². The zero-order chi connectivity index (χ0) is 16.8. The molecule has 24 heavy (non-hydrogen) atoms. The van der Waals surface area contributed by atoms with Crippen molar-refractivity contribution in [3.8, 4) is 0 Å². The van der Waals surface area contributed by atoms with E-state index >= 15 is 0 Å². The van der Waals surface area contributed by atoms with Crippen molar-refractivity contribution < 1.29 is 14.0 Å². The van der Waals surface area contributed by atoms with Crippen LogP contribution < -0.4 is 5.43 Å². The lowest BCUT2D eigenvalue weighted by Gasteiger charge is -2.22. The second kappa shape index (κ2) is 5.02. The van der Waals surface area contributed by atoms with Crippen molar-refractivity contribution in [1.82, 2.24) is 5.06 Å². The SMILES string of the molecule is CC1=CC2=NC(=O)C(=Cc3coc4ccccc4c3=O)C(=N)N2O1. The Bertz CT molecular complexity index is 1060. The van der Waals surface area contributed by atoms with Gasteiger partial charge in [0.05, 0.1) is 16.5 Å². The van der Waals surface area contributed by atoms with E-state index in [1.54, 1.807) is 37.3 Å². The summed E-state index contributed by atoms with van der Waals surface area (Å²) in [5.74, 6) is 0.00184. The first kappa shape index (κ1) is 14.1. The Morgan fingerprint density at radius 1 is 1.25 bits per heavy atom. The van der Waals surface area contributed by atoms with E-state index in [1.807, 2.05) is 0 Å². The smallest absolute Gasteiger partial charge is 0.282 e. The van der Waals surface area contributed by atoms with E-state index in [1.165, 1.54) is 12.3 Å². The third-order valence-electron chi connectivity index (χ3n) is 3.69. The lowest BCUT2D eigenvalue weighted by Crippen LogP contribution is -2.38. The van der Waals surface area contributed by atoms with Crippen LogP contribution in [0.3, 0.4) is 0 Å². The minimum Gasteiger partial charge on any atom is -0.463 e. The number of hydrogen-bond acceptors (Lipinski definition) is 5. The third-order valence-corrected chi connectivity index (χ3v) is 3.69. The predicted molar refractivity (Wildman–Crippen MR) is 87.3 cm³/mol. The summed E-state index contributed by atoms with van der Waals surface area (Å²) in [4.78, 5) is 33.9. The molecule has 0 bridgehead atoms. The molecule has 1 aromatic heterocycles. The number of hydroxylamine groups is 2. The van der Waals surface area contributed by atoms with Crippen LogP contribution in [-0.4, -0.2) is 22.6 Å². The lowest BCUT2D eigenvalue weighted by atomic mass is 10.1. The van der Waals surface area contributed by atoms with E-state index in [-0.39, 0.29) is 28.2 Å². The van der Waals surface area contributed by atoms with E-state index in [2.05, 4.69) is 4.99 Å². The van der Waals surface area contributed by atoms with Crippen molar-refractivity contribution in [3.63, 3.8) is 0 Å². The summed E-state index contributed by atoms with van der Waals surface area (Å²) >= 11 is 0. The third kappa shape index (κ3) is 2.06. The van der Waals surface area contributed by atoms with Gasteiger partial charge >= 0.3 is 0 Å². The zero-order valence-electron chi connectivity index (χ0n) is 12.6. The topological polar surface area (TPSA) is 96.0 Å². The Labute approximate surface area is 135 Å². The first-order chi connectivity index (χ1) is 11.5. The molecule has 0 saturated carbocycles. The molecule has 1 amide bonds. The number of amides is 1. The number of para-hydroxylation sites is 1. The molecule has 0 atom stereocenters. The maximum Gasteiger partial charge on any atom is 0.282 e. The standard InChI is InChI=1S/C17H11N3O4/c1-9-6-14-19-17(22)12(16(18)20(14)24-9)7-10-8-23-13-5-3-2-4-11(13)15(10)21/h2-8,18H,1H3. The molecule has 1 aromatic carbocycles. The lowest BCUT2D eigenvalue weighted by molar-refractivity contribution is -0.114. The van der Waals surface area contributed by atoms with Crippen LogP contribution >= 0.6 is 0 Å². The Kier molecular flexibility index (Phi) is 2.96. The van der Waals surface area contributed by atoms with Crippen LogP contribution in [0, 0.1) is 5.41 Å². The fraction of sp³-hybridized carbons (Fsp3) is 0.0588. The maximum atomic E-state index is 12.5. The number of fused-ring (bicyclic) bond motifs is 2. The molecule has 3 heterocycles. The molecule has 4 rings (SSSR count). The molecule has 118 valence electrons. The molecule has 7 heteroatoms. The highest BCUT2D eigenvalue weighted by Gasteiger charge is 2.34. The molecule has 0 fully saturated rings. The van der Waals surface area contributed by atoms with Gasteiger partial charge in [-0.25, -0.2) is 0 Å². The summed E-state index contributed by atoms with van der Waals surface area (Å²) in [7, 11) is 0. The largest absolute Gasteiger partial charge is 0.463 e. The van der Waals surface area contributed by atoms with Gasteiger partial charge in [-0.05, 0) is 25.1 Å². The van der Waals surface area contributed by atoms with E-state index in [4.69, 9.17) is 14.7 Å². The van der Waals surface area contributed by atoms with Crippen LogP contribution in [0.1, 0.15) is 12.5 Å². The van der Waals surface area contributed by atoms with Gasteiger partial charge in [-0.1, -0.05) is 12.1 Å². The molecule has 2 aliphatic heterocycles. The number of carbonyl (C=O) groups excluding carboxylic acids is 1. The number of nitrogens with one attached hydrogen (secondary N) is 1. The van der Waals surface area contributed by atoms with E-state index in [0.29, 0.717) is 16.7 Å². The van der Waals surface area contributed by atoms with Crippen LogP contribution in [-0.2, 0) is 9.63 Å². The van der Waals surface area contributed by atoms with Crippen molar-refractivity contribution >= 4 is 34.6 Å². The van der Waals surface area contributed by atoms with Gasteiger partial charge in [0.1, 0.15) is 17.6 Å². The Morgan fingerprint density at radius 2 is 2.04 bits per heavy atom. The van der Waals surface area contributed by atoms with Gasteiger partial charge in [0, 0.05) is 6.08 Å². The van der Waals surface area contributed by atoms with Crippen LogP contribution in [0.25, 0.3) is 17.0 Å². The zero-order valence-corrected chi connectivity index (χ0v) is 12.6. The number of amidine groups is 2. The Hall–Kier alpha value is -3.48. The predicted octanol–water partition coefficient (Wildman–Crippen LogP) is 2.24. The fourth-order valence-electron chi connectivity index (χ4n) is 2.55. The molecule has 0 unspecified atom stereocenters. The van der Waals surface area contributed by atoms with Crippen molar-refractivity contribution in [3.05, 3.63) is 63.7 Å². The highest BCUT2D eigenvalue weighted by atomic mass is 16.7. The minimum atomic E-state index is -0.603. The number of rotatable bonds is 1. The van der Waals surface area contributed by atoms with Crippen LogP contribution in [0.4, 0.5) is 0 Å². The summed E-state index contributed by atoms with van der Waals surface area (Å²) in [6.07, 6.45) is 4.14.